The number of fused-ring (bicyclic) bond motifs is 7. The number of rotatable bonds is 4. The Bertz CT molecular complexity index is 1050. The van der Waals surface area contributed by atoms with Crippen LogP contribution in [0.15, 0.2) is 12.2 Å². The van der Waals surface area contributed by atoms with Crippen molar-refractivity contribution in [2.75, 3.05) is 0 Å². The van der Waals surface area contributed by atoms with E-state index in [1.165, 1.54) is 0 Å². The van der Waals surface area contributed by atoms with Crippen LogP contribution in [0.5, 0.6) is 0 Å². The summed E-state index contributed by atoms with van der Waals surface area (Å²) in [5, 5.41) is 42.7. The molecule has 0 unspecified atom stereocenters. The molecule has 0 spiro atoms. The van der Waals surface area contributed by atoms with Crippen LogP contribution >= 0.6 is 0 Å². The molecular weight excluding hydrogens is 472 g/mol. The van der Waals surface area contributed by atoms with Crippen LogP contribution in [-0.2, 0) is 14.4 Å². The zero-order valence-corrected chi connectivity index (χ0v) is 22.8. The predicted molar refractivity (Wildman–Crippen MR) is 137 cm³/mol. The molecular formula is C30H44O7. The Hall–Kier alpha value is -1.89. The van der Waals surface area contributed by atoms with Crippen LogP contribution in [0.25, 0.3) is 0 Å². The fourth-order valence-electron chi connectivity index (χ4n) is 11.6. The number of carboxylic acid groups (broad SMARTS) is 3. The SMILES string of the molecule is C=C(C)[C@H]1CC[C@@]2(C(=O)O)CC[C@]3(C(=O)O)[C@@H](CC[C@@H]4[C@]5(C)CC[C@H](O)[C@@](C)(C(=O)O)[C@@H]5CC[C@@]43C)[C@H]12. The van der Waals surface area contributed by atoms with E-state index in [0.29, 0.717) is 51.4 Å². The van der Waals surface area contributed by atoms with Crippen molar-refractivity contribution in [3.63, 3.8) is 0 Å². The molecule has 7 nitrogen and oxygen atoms in total. The van der Waals surface area contributed by atoms with Crippen molar-refractivity contribution in [3.8, 4) is 0 Å². The first-order valence-corrected chi connectivity index (χ1v) is 14.2. The maximum absolute atomic E-state index is 13.6. The van der Waals surface area contributed by atoms with E-state index in [-0.39, 0.29) is 29.6 Å². The Morgan fingerprint density at radius 2 is 1.43 bits per heavy atom. The highest BCUT2D eigenvalue weighted by atomic mass is 16.4. The van der Waals surface area contributed by atoms with Crippen molar-refractivity contribution in [1.82, 2.24) is 0 Å². The summed E-state index contributed by atoms with van der Waals surface area (Å²) in [5.74, 6) is -3.30. The van der Waals surface area contributed by atoms with Crippen molar-refractivity contribution < 1.29 is 34.8 Å². The van der Waals surface area contributed by atoms with E-state index in [9.17, 15) is 34.8 Å². The Kier molecular flexibility index (Phi) is 5.82. The quantitative estimate of drug-likeness (QED) is 0.377. The number of carboxylic acids is 3. The smallest absolute Gasteiger partial charge is 0.312 e. The zero-order valence-electron chi connectivity index (χ0n) is 22.8. The van der Waals surface area contributed by atoms with Crippen LogP contribution in [0.4, 0.5) is 0 Å². The van der Waals surface area contributed by atoms with Crippen molar-refractivity contribution in [3.05, 3.63) is 12.2 Å². The van der Waals surface area contributed by atoms with Gasteiger partial charge >= 0.3 is 17.9 Å². The van der Waals surface area contributed by atoms with Gasteiger partial charge in [0.2, 0.25) is 0 Å². The third kappa shape index (κ3) is 2.95. The normalized spacial score (nSPS) is 52.7. The molecule has 0 bridgehead atoms. The van der Waals surface area contributed by atoms with Crippen molar-refractivity contribution >= 4 is 17.9 Å². The molecule has 5 aliphatic carbocycles. The van der Waals surface area contributed by atoms with E-state index in [2.05, 4.69) is 20.4 Å². The molecule has 5 aliphatic rings. The predicted octanol–water partition coefficient (Wildman–Crippen LogP) is 5.22. The summed E-state index contributed by atoms with van der Waals surface area (Å²) in [6.45, 7) is 12.1. The van der Waals surface area contributed by atoms with Crippen LogP contribution in [0.2, 0.25) is 0 Å². The summed E-state index contributed by atoms with van der Waals surface area (Å²) in [4.78, 5) is 38.9. The van der Waals surface area contributed by atoms with Gasteiger partial charge in [0.1, 0.15) is 0 Å². The Morgan fingerprint density at radius 1 is 0.757 bits per heavy atom. The van der Waals surface area contributed by atoms with Crippen LogP contribution in [-0.4, -0.2) is 44.4 Å². The van der Waals surface area contributed by atoms with Crippen LogP contribution in [0.3, 0.4) is 0 Å². The molecule has 5 saturated carbocycles. The Morgan fingerprint density at radius 3 is 2.00 bits per heavy atom. The molecule has 11 atom stereocenters. The summed E-state index contributed by atoms with van der Waals surface area (Å²) >= 11 is 0. The zero-order chi connectivity index (χ0) is 27.3. The first-order valence-electron chi connectivity index (χ1n) is 14.2. The first kappa shape index (κ1) is 26.7. The molecule has 5 fully saturated rings. The minimum atomic E-state index is -1.26. The minimum Gasteiger partial charge on any atom is -0.481 e. The van der Waals surface area contributed by atoms with E-state index in [0.717, 1.165) is 18.4 Å². The van der Waals surface area contributed by atoms with Gasteiger partial charge in [0.15, 0.2) is 0 Å². The highest BCUT2D eigenvalue weighted by molar-refractivity contribution is 5.81. The lowest BCUT2D eigenvalue weighted by molar-refractivity contribution is -0.257. The average molecular weight is 517 g/mol. The first-order chi connectivity index (χ1) is 17.1. The third-order valence-electron chi connectivity index (χ3n) is 13.4. The number of carbonyl (C=O) groups is 3. The van der Waals surface area contributed by atoms with Gasteiger partial charge in [-0.3, -0.25) is 14.4 Å². The number of aliphatic hydroxyl groups excluding tert-OH is 1. The van der Waals surface area contributed by atoms with E-state index in [1.54, 1.807) is 6.92 Å². The monoisotopic (exact) mass is 516 g/mol. The van der Waals surface area contributed by atoms with Gasteiger partial charge in [-0.15, -0.1) is 0 Å². The molecule has 0 saturated heterocycles. The number of aliphatic hydroxyl groups is 1. The summed E-state index contributed by atoms with van der Waals surface area (Å²) in [6, 6.07) is 0. The topological polar surface area (TPSA) is 132 Å². The lowest BCUT2D eigenvalue weighted by atomic mass is 9.31. The highest BCUT2D eigenvalue weighted by Crippen LogP contribution is 2.77. The summed E-state index contributed by atoms with van der Waals surface area (Å²) in [6.07, 6.45) is 4.75. The molecule has 0 radical (unpaired) electrons. The second-order valence-corrected chi connectivity index (χ2v) is 14.1. The summed E-state index contributed by atoms with van der Waals surface area (Å²) < 4.78 is 0. The number of hydrogen-bond donors (Lipinski definition) is 4. The van der Waals surface area contributed by atoms with Gasteiger partial charge in [-0.1, -0.05) is 26.0 Å². The van der Waals surface area contributed by atoms with Crippen molar-refractivity contribution in [2.45, 2.75) is 98.0 Å². The van der Waals surface area contributed by atoms with Gasteiger partial charge < -0.3 is 20.4 Å². The second-order valence-electron chi connectivity index (χ2n) is 14.1. The Balaban J connectivity index is 1.64. The fourth-order valence-corrected chi connectivity index (χ4v) is 11.6. The summed E-state index contributed by atoms with van der Waals surface area (Å²) in [5.41, 5.74) is -3.24. The van der Waals surface area contributed by atoms with Gasteiger partial charge in [-0.2, -0.15) is 0 Å². The molecule has 37 heavy (non-hydrogen) atoms. The largest absolute Gasteiger partial charge is 0.481 e. The number of hydrogen-bond acceptors (Lipinski definition) is 4. The highest BCUT2D eigenvalue weighted by Gasteiger charge is 2.76. The van der Waals surface area contributed by atoms with E-state index in [1.807, 2.05) is 6.92 Å². The van der Waals surface area contributed by atoms with Gasteiger partial charge in [0.25, 0.3) is 0 Å². The molecule has 5 rings (SSSR count). The van der Waals surface area contributed by atoms with Crippen molar-refractivity contribution in [1.29, 1.82) is 0 Å². The molecule has 0 aromatic heterocycles. The van der Waals surface area contributed by atoms with Gasteiger partial charge in [0, 0.05) is 0 Å². The molecule has 206 valence electrons. The average Bonchev–Trinajstić information content (AvgIpc) is 3.23. The minimum absolute atomic E-state index is 0.000663. The van der Waals surface area contributed by atoms with Crippen LogP contribution < -0.4 is 0 Å². The van der Waals surface area contributed by atoms with E-state index in [4.69, 9.17) is 0 Å². The van der Waals surface area contributed by atoms with Crippen LogP contribution in [0.1, 0.15) is 91.9 Å². The lowest BCUT2D eigenvalue weighted by Gasteiger charge is -2.71. The molecule has 7 heteroatoms. The third-order valence-corrected chi connectivity index (χ3v) is 13.4. The number of aliphatic carboxylic acids is 3. The van der Waals surface area contributed by atoms with Crippen LogP contribution in [0, 0.1) is 56.7 Å². The van der Waals surface area contributed by atoms with Gasteiger partial charge in [-0.05, 0) is 118 Å². The second kappa shape index (κ2) is 8.06. The van der Waals surface area contributed by atoms with E-state index < -0.39 is 51.1 Å². The van der Waals surface area contributed by atoms with Gasteiger partial charge in [0.05, 0.1) is 22.3 Å². The molecule has 0 aliphatic heterocycles. The van der Waals surface area contributed by atoms with Crippen molar-refractivity contribution in [2.24, 2.45) is 56.7 Å². The molecule has 0 heterocycles. The molecule has 0 amide bonds. The maximum atomic E-state index is 13.6. The molecule has 4 N–H and O–H groups in total. The number of allylic oxidation sites excluding steroid dienone is 1. The molecule has 0 aromatic rings. The standard InChI is InChI=1S/C30H44O7/c1-16(2)17-8-13-29(24(34)35)14-15-30(25(36)37)18(22(17)29)6-7-19-26(3)11-10-21(31)28(5,23(32)33)20(26)9-12-27(19,30)4/h17-22,31H,1,6-15H2,2-5H3,(H,32,33)(H,34,35)(H,36,37)/t17-,18+,19-,20-,21+,22+,26+,27+,28+,29-,30-/m1/s1. The lowest BCUT2D eigenvalue weighted by Crippen LogP contribution is -2.70. The van der Waals surface area contributed by atoms with Gasteiger partial charge in [-0.25, -0.2) is 0 Å². The molecule has 0 aromatic carbocycles. The Labute approximate surface area is 219 Å². The fraction of sp³-hybridized carbons (Fsp3) is 0.833. The van der Waals surface area contributed by atoms with E-state index >= 15 is 0 Å². The maximum Gasteiger partial charge on any atom is 0.312 e. The summed E-state index contributed by atoms with van der Waals surface area (Å²) in [7, 11) is 0.